The van der Waals surface area contributed by atoms with Crippen LogP contribution in [0.3, 0.4) is 0 Å². The first kappa shape index (κ1) is 14.9. The molecule has 1 aromatic rings. The molecule has 0 spiro atoms. The lowest BCUT2D eigenvalue weighted by atomic mass is 10.0. The number of carbonyl (C=O) groups is 1. The molecule has 2 rings (SSSR count). The molecule has 20 heavy (non-hydrogen) atoms. The van der Waals surface area contributed by atoms with Crippen LogP contribution < -0.4 is 0 Å². The number of benzene rings is 1. The van der Waals surface area contributed by atoms with Gasteiger partial charge in [0.25, 0.3) is 0 Å². The van der Waals surface area contributed by atoms with Crippen molar-refractivity contribution in [2.24, 2.45) is 0 Å². The van der Waals surface area contributed by atoms with E-state index in [1.54, 1.807) is 0 Å². The van der Waals surface area contributed by atoms with Crippen molar-refractivity contribution in [3.8, 4) is 0 Å². The third-order valence-electron chi connectivity index (χ3n) is 3.90. The van der Waals surface area contributed by atoms with Gasteiger partial charge in [0.2, 0.25) is 0 Å². The predicted octanol–water partition coefficient (Wildman–Crippen LogP) is 2.05. The van der Waals surface area contributed by atoms with Gasteiger partial charge in [-0.1, -0.05) is 0 Å². The monoisotopic (exact) mass is 280 g/mol. The number of carboxylic acids is 1. The van der Waals surface area contributed by atoms with Gasteiger partial charge in [0, 0.05) is 19.1 Å². The van der Waals surface area contributed by atoms with Gasteiger partial charge in [-0.25, -0.2) is 9.18 Å². The topological polar surface area (TPSA) is 43.8 Å². The number of hydrogen-bond donors (Lipinski definition) is 1. The Morgan fingerprint density at radius 3 is 2.90 bits per heavy atom. The first-order valence-corrected chi connectivity index (χ1v) is 6.88. The predicted molar refractivity (Wildman–Crippen MR) is 75.3 cm³/mol. The fourth-order valence-electron chi connectivity index (χ4n) is 2.74. The number of carboxylic acid groups (broad SMARTS) is 1. The molecular weight excluding hydrogens is 259 g/mol. The van der Waals surface area contributed by atoms with Gasteiger partial charge in [0.05, 0.1) is 5.56 Å². The second-order valence-electron chi connectivity index (χ2n) is 5.60. The molecule has 1 aromatic carbocycles. The lowest BCUT2D eigenvalue weighted by molar-refractivity contribution is 0.0692. The van der Waals surface area contributed by atoms with E-state index in [1.165, 1.54) is 18.2 Å². The van der Waals surface area contributed by atoms with E-state index in [0.717, 1.165) is 25.9 Å². The van der Waals surface area contributed by atoms with Gasteiger partial charge in [0.1, 0.15) is 5.82 Å². The summed E-state index contributed by atoms with van der Waals surface area (Å²) in [6, 6.07) is 4.36. The lowest BCUT2D eigenvalue weighted by Gasteiger charge is -2.36. The van der Waals surface area contributed by atoms with Crippen molar-refractivity contribution < 1.29 is 14.3 Å². The number of likely N-dealkylation sites (N-methyl/N-ethyl adjacent to an activating group) is 1. The number of hydrogen-bond acceptors (Lipinski definition) is 3. The molecule has 1 saturated heterocycles. The van der Waals surface area contributed by atoms with Gasteiger partial charge in [-0.05, 0) is 57.2 Å². The Morgan fingerprint density at radius 2 is 2.25 bits per heavy atom. The summed E-state index contributed by atoms with van der Waals surface area (Å²) < 4.78 is 13.4. The minimum absolute atomic E-state index is 0.193. The van der Waals surface area contributed by atoms with Crippen molar-refractivity contribution >= 4 is 5.97 Å². The van der Waals surface area contributed by atoms with Crippen LogP contribution in [0, 0.1) is 5.82 Å². The summed E-state index contributed by atoms with van der Waals surface area (Å²) in [5, 5.41) is 9.18. The highest BCUT2D eigenvalue weighted by molar-refractivity contribution is 5.89. The zero-order valence-electron chi connectivity index (χ0n) is 12.0. The molecule has 5 heteroatoms. The summed E-state index contributed by atoms with van der Waals surface area (Å²) in [4.78, 5) is 15.6. The van der Waals surface area contributed by atoms with E-state index >= 15 is 0 Å². The van der Waals surface area contributed by atoms with Crippen LogP contribution in [-0.4, -0.2) is 54.1 Å². The molecular formula is C15H21FN2O2. The maximum Gasteiger partial charge on any atom is 0.336 e. The number of aromatic carboxylic acids is 1. The summed E-state index contributed by atoms with van der Waals surface area (Å²) >= 11 is 0. The van der Waals surface area contributed by atoms with Crippen molar-refractivity contribution in [3.05, 3.63) is 35.1 Å². The Bertz CT molecular complexity index is 491. The highest BCUT2D eigenvalue weighted by Gasteiger charge is 2.22. The lowest BCUT2D eigenvalue weighted by Crippen LogP contribution is -2.44. The molecule has 1 heterocycles. The van der Waals surface area contributed by atoms with Crippen LogP contribution in [0.25, 0.3) is 0 Å². The molecule has 1 aliphatic heterocycles. The van der Waals surface area contributed by atoms with Crippen LogP contribution in [0.1, 0.15) is 28.8 Å². The Balaban J connectivity index is 2.13. The van der Waals surface area contributed by atoms with Crippen molar-refractivity contribution in [2.45, 2.75) is 25.4 Å². The maximum absolute atomic E-state index is 13.4. The second kappa shape index (κ2) is 6.33. The largest absolute Gasteiger partial charge is 0.478 e. The first-order chi connectivity index (χ1) is 9.47. The van der Waals surface area contributed by atoms with Crippen LogP contribution in [0.5, 0.6) is 0 Å². The van der Waals surface area contributed by atoms with Crippen LogP contribution in [0.15, 0.2) is 18.2 Å². The van der Waals surface area contributed by atoms with Gasteiger partial charge in [-0.2, -0.15) is 0 Å². The Labute approximate surface area is 118 Å². The van der Waals surface area contributed by atoms with Crippen LogP contribution in [0.4, 0.5) is 4.39 Å². The molecule has 1 unspecified atom stereocenters. The molecule has 0 bridgehead atoms. The first-order valence-electron chi connectivity index (χ1n) is 6.88. The summed E-state index contributed by atoms with van der Waals surface area (Å²) in [7, 11) is 4.11. The van der Waals surface area contributed by atoms with E-state index in [-0.39, 0.29) is 11.4 Å². The van der Waals surface area contributed by atoms with Gasteiger partial charge in [-0.15, -0.1) is 0 Å². The summed E-state index contributed by atoms with van der Waals surface area (Å²) in [5.74, 6) is -1.38. The molecule has 1 atom stereocenters. The Morgan fingerprint density at radius 1 is 1.50 bits per heavy atom. The van der Waals surface area contributed by atoms with Crippen molar-refractivity contribution in [2.75, 3.05) is 27.2 Å². The number of piperidine rings is 1. The van der Waals surface area contributed by atoms with Crippen molar-refractivity contribution in [1.82, 2.24) is 9.80 Å². The Kier molecular flexibility index (Phi) is 4.73. The van der Waals surface area contributed by atoms with E-state index in [9.17, 15) is 14.3 Å². The van der Waals surface area contributed by atoms with E-state index in [0.29, 0.717) is 18.2 Å². The molecule has 1 fully saturated rings. The van der Waals surface area contributed by atoms with Crippen molar-refractivity contribution in [1.29, 1.82) is 0 Å². The van der Waals surface area contributed by atoms with Gasteiger partial charge < -0.3 is 10.0 Å². The molecule has 0 saturated carbocycles. The molecule has 1 aliphatic rings. The standard InChI is InChI=1S/C15H21FN2O2/c1-17(2)13-4-3-7-18(10-13)9-11-8-12(16)5-6-14(11)15(19)20/h5-6,8,13H,3-4,7,9-10H2,1-2H3,(H,19,20). The fourth-order valence-corrected chi connectivity index (χ4v) is 2.74. The van der Waals surface area contributed by atoms with Gasteiger partial charge in [0.15, 0.2) is 0 Å². The van der Waals surface area contributed by atoms with Gasteiger partial charge in [-0.3, -0.25) is 4.90 Å². The molecule has 1 N–H and O–H groups in total. The molecule has 0 aliphatic carbocycles. The fraction of sp³-hybridized carbons (Fsp3) is 0.533. The number of halogens is 1. The third kappa shape index (κ3) is 3.55. The van der Waals surface area contributed by atoms with E-state index < -0.39 is 5.97 Å². The zero-order chi connectivity index (χ0) is 14.7. The minimum atomic E-state index is -0.999. The third-order valence-corrected chi connectivity index (χ3v) is 3.90. The minimum Gasteiger partial charge on any atom is -0.478 e. The molecule has 0 amide bonds. The second-order valence-corrected chi connectivity index (χ2v) is 5.60. The number of likely N-dealkylation sites (tertiary alicyclic amines) is 1. The van der Waals surface area contributed by atoms with Crippen LogP contribution >= 0.6 is 0 Å². The highest BCUT2D eigenvalue weighted by Crippen LogP contribution is 2.19. The SMILES string of the molecule is CN(C)C1CCCN(Cc2cc(F)ccc2C(=O)O)C1. The molecule has 0 aromatic heterocycles. The highest BCUT2D eigenvalue weighted by atomic mass is 19.1. The van der Waals surface area contributed by atoms with Crippen LogP contribution in [-0.2, 0) is 6.54 Å². The van der Waals surface area contributed by atoms with E-state index in [2.05, 4.69) is 23.9 Å². The summed E-state index contributed by atoms with van der Waals surface area (Å²) in [5.41, 5.74) is 0.746. The summed E-state index contributed by atoms with van der Waals surface area (Å²) in [6.45, 7) is 2.31. The quantitative estimate of drug-likeness (QED) is 0.916. The van der Waals surface area contributed by atoms with E-state index in [4.69, 9.17) is 0 Å². The number of rotatable bonds is 4. The van der Waals surface area contributed by atoms with Gasteiger partial charge >= 0.3 is 5.97 Å². The zero-order valence-corrected chi connectivity index (χ0v) is 12.0. The molecule has 0 radical (unpaired) electrons. The van der Waals surface area contributed by atoms with E-state index in [1.807, 2.05) is 0 Å². The average molecular weight is 280 g/mol. The summed E-state index contributed by atoms with van der Waals surface area (Å²) in [6.07, 6.45) is 2.24. The maximum atomic E-state index is 13.4. The smallest absolute Gasteiger partial charge is 0.336 e. The van der Waals surface area contributed by atoms with Crippen molar-refractivity contribution in [3.63, 3.8) is 0 Å². The number of nitrogens with zero attached hydrogens (tertiary/aromatic N) is 2. The normalized spacial score (nSPS) is 20.3. The Hall–Kier alpha value is -1.46. The average Bonchev–Trinajstić information content (AvgIpc) is 2.38. The van der Waals surface area contributed by atoms with Crippen LogP contribution in [0.2, 0.25) is 0 Å². The molecule has 4 nitrogen and oxygen atoms in total. The molecule has 110 valence electrons.